The molecule has 1 saturated carbocycles. The number of hydrogen-bond donors (Lipinski definition) is 1. The van der Waals surface area contributed by atoms with Crippen LogP contribution in [0.1, 0.15) is 45.1 Å². The fraction of sp³-hybridized carbons (Fsp3) is 0.733. The molecule has 1 aliphatic carbocycles. The van der Waals surface area contributed by atoms with Gasteiger partial charge in [-0.1, -0.05) is 13.8 Å². The van der Waals surface area contributed by atoms with Crippen LogP contribution in [0.25, 0.3) is 0 Å². The van der Waals surface area contributed by atoms with Gasteiger partial charge in [-0.25, -0.2) is 9.97 Å². The number of aliphatic hydroxyl groups excluding tert-OH is 1. The van der Waals surface area contributed by atoms with E-state index in [0.717, 1.165) is 38.1 Å². The van der Waals surface area contributed by atoms with Crippen molar-refractivity contribution in [2.45, 2.75) is 58.1 Å². The maximum absolute atomic E-state index is 9.55. The van der Waals surface area contributed by atoms with Gasteiger partial charge in [0, 0.05) is 25.5 Å². The SMILES string of the molecule is CC(C)Cc1cnc(N(C)C2CCC(O)CC2)nc1. The van der Waals surface area contributed by atoms with Crippen molar-refractivity contribution < 1.29 is 5.11 Å². The van der Waals surface area contributed by atoms with Crippen LogP contribution in [-0.4, -0.2) is 34.3 Å². The molecule has 106 valence electrons. The summed E-state index contributed by atoms with van der Waals surface area (Å²) in [4.78, 5) is 11.1. The molecule has 0 aromatic carbocycles. The minimum absolute atomic E-state index is 0.112. The average Bonchev–Trinajstić information content (AvgIpc) is 2.39. The minimum Gasteiger partial charge on any atom is -0.393 e. The van der Waals surface area contributed by atoms with Crippen LogP contribution in [0.15, 0.2) is 12.4 Å². The molecule has 1 aromatic rings. The highest BCUT2D eigenvalue weighted by Crippen LogP contribution is 2.24. The van der Waals surface area contributed by atoms with Crippen molar-refractivity contribution in [1.82, 2.24) is 9.97 Å². The summed E-state index contributed by atoms with van der Waals surface area (Å²) in [5, 5.41) is 9.55. The third kappa shape index (κ3) is 3.90. The highest BCUT2D eigenvalue weighted by Gasteiger charge is 2.23. The summed E-state index contributed by atoms with van der Waals surface area (Å²) in [5.41, 5.74) is 1.20. The van der Waals surface area contributed by atoms with Gasteiger partial charge in [0.2, 0.25) is 5.95 Å². The lowest BCUT2D eigenvalue weighted by Crippen LogP contribution is -2.37. The number of aromatic nitrogens is 2. The highest BCUT2D eigenvalue weighted by molar-refractivity contribution is 5.30. The molecule has 4 nitrogen and oxygen atoms in total. The Kier molecular flexibility index (Phi) is 4.75. The predicted molar refractivity (Wildman–Crippen MR) is 77.2 cm³/mol. The maximum Gasteiger partial charge on any atom is 0.225 e. The predicted octanol–water partition coefficient (Wildman–Crippen LogP) is 2.41. The van der Waals surface area contributed by atoms with E-state index in [2.05, 4.69) is 35.8 Å². The number of aliphatic hydroxyl groups is 1. The van der Waals surface area contributed by atoms with Crippen LogP contribution in [0.5, 0.6) is 0 Å². The Bertz CT molecular complexity index is 383. The van der Waals surface area contributed by atoms with Crippen molar-refractivity contribution in [3.63, 3.8) is 0 Å². The maximum atomic E-state index is 9.55. The van der Waals surface area contributed by atoms with Crippen molar-refractivity contribution in [2.75, 3.05) is 11.9 Å². The number of anilines is 1. The first-order valence-electron chi connectivity index (χ1n) is 7.28. The van der Waals surface area contributed by atoms with Crippen LogP contribution in [0.4, 0.5) is 5.95 Å². The van der Waals surface area contributed by atoms with E-state index >= 15 is 0 Å². The van der Waals surface area contributed by atoms with Crippen molar-refractivity contribution in [2.24, 2.45) is 5.92 Å². The molecule has 0 bridgehead atoms. The Balaban J connectivity index is 1.97. The second kappa shape index (κ2) is 6.33. The summed E-state index contributed by atoms with van der Waals surface area (Å²) < 4.78 is 0. The summed E-state index contributed by atoms with van der Waals surface area (Å²) in [6, 6.07) is 0.458. The fourth-order valence-electron chi connectivity index (χ4n) is 2.72. The van der Waals surface area contributed by atoms with E-state index in [1.807, 2.05) is 12.4 Å². The summed E-state index contributed by atoms with van der Waals surface area (Å²) in [6.07, 6.45) is 8.62. The van der Waals surface area contributed by atoms with Gasteiger partial charge in [0.05, 0.1) is 6.10 Å². The van der Waals surface area contributed by atoms with E-state index in [0.29, 0.717) is 12.0 Å². The van der Waals surface area contributed by atoms with Gasteiger partial charge >= 0.3 is 0 Å². The van der Waals surface area contributed by atoms with Crippen LogP contribution in [0, 0.1) is 5.92 Å². The quantitative estimate of drug-likeness (QED) is 0.906. The Morgan fingerprint density at radius 1 is 1.21 bits per heavy atom. The Morgan fingerprint density at radius 2 is 1.79 bits per heavy atom. The lowest BCUT2D eigenvalue weighted by atomic mass is 9.92. The van der Waals surface area contributed by atoms with E-state index < -0.39 is 0 Å². The van der Waals surface area contributed by atoms with Gasteiger partial charge in [-0.15, -0.1) is 0 Å². The largest absolute Gasteiger partial charge is 0.393 e. The van der Waals surface area contributed by atoms with Gasteiger partial charge in [-0.3, -0.25) is 0 Å². The average molecular weight is 263 g/mol. The van der Waals surface area contributed by atoms with E-state index in [-0.39, 0.29) is 6.10 Å². The summed E-state index contributed by atoms with van der Waals surface area (Å²) in [6.45, 7) is 4.40. The van der Waals surface area contributed by atoms with Crippen LogP contribution in [-0.2, 0) is 6.42 Å². The molecule has 0 aliphatic heterocycles. The van der Waals surface area contributed by atoms with E-state index in [1.165, 1.54) is 5.56 Å². The standard InChI is InChI=1S/C15H25N3O/c1-11(2)8-12-9-16-15(17-10-12)18(3)13-4-6-14(19)7-5-13/h9-11,13-14,19H,4-8H2,1-3H3. The third-order valence-corrected chi connectivity index (χ3v) is 3.87. The molecule has 4 heteroatoms. The van der Waals surface area contributed by atoms with Crippen molar-refractivity contribution >= 4 is 5.95 Å². The molecular weight excluding hydrogens is 238 g/mol. The molecule has 0 spiro atoms. The third-order valence-electron chi connectivity index (χ3n) is 3.87. The van der Waals surface area contributed by atoms with Gasteiger partial charge in [0.1, 0.15) is 0 Å². The highest BCUT2D eigenvalue weighted by atomic mass is 16.3. The van der Waals surface area contributed by atoms with Crippen LogP contribution >= 0.6 is 0 Å². The second-order valence-corrected chi connectivity index (χ2v) is 6.06. The molecule has 0 saturated heterocycles. The monoisotopic (exact) mass is 263 g/mol. The van der Waals surface area contributed by atoms with Crippen LogP contribution < -0.4 is 4.90 Å². The van der Waals surface area contributed by atoms with Gasteiger partial charge < -0.3 is 10.0 Å². The minimum atomic E-state index is -0.112. The number of rotatable bonds is 4. The van der Waals surface area contributed by atoms with Gasteiger partial charge in [-0.2, -0.15) is 0 Å². The van der Waals surface area contributed by atoms with Gasteiger partial charge in [-0.05, 0) is 43.6 Å². The van der Waals surface area contributed by atoms with Crippen molar-refractivity contribution in [3.8, 4) is 0 Å². The smallest absolute Gasteiger partial charge is 0.225 e. The molecule has 19 heavy (non-hydrogen) atoms. The number of nitrogens with zero attached hydrogens (tertiary/aromatic N) is 3. The molecule has 1 fully saturated rings. The molecule has 0 radical (unpaired) electrons. The molecule has 1 heterocycles. The van der Waals surface area contributed by atoms with Crippen LogP contribution in [0.2, 0.25) is 0 Å². The Labute approximate surface area is 115 Å². The zero-order valence-electron chi connectivity index (χ0n) is 12.2. The first kappa shape index (κ1) is 14.3. The fourth-order valence-corrected chi connectivity index (χ4v) is 2.72. The van der Waals surface area contributed by atoms with Gasteiger partial charge in [0.25, 0.3) is 0 Å². The first-order chi connectivity index (χ1) is 9.06. The van der Waals surface area contributed by atoms with Gasteiger partial charge in [0.15, 0.2) is 0 Å². The second-order valence-electron chi connectivity index (χ2n) is 6.06. The van der Waals surface area contributed by atoms with Crippen LogP contribution in [0.3, 0.4) is 0 Å². The van der Waals surface area contributed by atoms with Crippen molar-refractivity contribution in [3.05, 3.63) is 18.0 Å². The summed E-state index contributed by atoms with van der Waals surface area (Å²) in [5.74, 6) is 1.43. The molecule has 0 atom stereocenters. The van der Waals surface area contributed by atoms with E-state index in [9.17, 15) is 5.11 Å². The first-order valence-corrected chi connectivity index (χ1v) is 7.28. The zero-order valence-corrected chi connectivity index (χ0v) is 12.2. The summed E-state index contributed by atoms with van der Waals surface area (Å²) in [7, 11) is 2.06. The molecule has 1 aliphatic rings. The molecule has 0 unspecified atom stereocenters. The normalized spacial score (nSPS) is 23.6. The lowest BCUT2D eigenvalue weighted by Gasteiger charge is -2.33. The Hall–Kier alpha value is -1.16. The topological polar surface area (TPSA) is 49.2 Å². The molecule has 0 amide bonds. The lowest BCUT2D eigenvalue weighted by molar-refractivity contribution is 0.122. The molecule has 1 N–H and O–H groups in total. The number of hydrogen-bond acceptors (Lipinski definition) is 4. The zero-order chi connectivity index (χ0) is 13.8. The summed E-state index contributed by atoms with van der Waals surface area (Å²) >= 11 is 0. The van der Waals surface area contributed by atoms with E-state index in [1.54, 1.807) is 0 Å². The molecule has 2 rings (SSSR count). The molecular formula is C15H25N3O. The van der Waals surface area contributed by atoms with E-state index in [4.69, 9.17) is 0 Å². The Morgan fingerprint density at radius 3 is 2.32 bits per heavy atom. The molecule has 1 aromatic heterocycles. The van der Waals surface area contributed by atoms with Crippen molar-refractivity contribution in [1.29, 1.82) is 0 Å².